The van der Waals surface area contributed by atoms with Gasteiger partial charge in [0, 0.05) is 16.8 Å². The molecule has 0 radical (unpaired) electrons. The van der Waals surface area contributed by atoms with Crippen LogP contribution in [0.2, 0.25) is 0 Å². The fraction of sp³-hybridized carbons (Fsp3) is 0.636. The quantitative estimate of drug-likeness (QED) is 0.562. The zero-order chi connectivity index (χ0) is 10.1. The minimum Gasteiger partial charge on any atom is -0.312 e. The van der Waals surface area contributed by atoms with Gasteiger partial charge in [-0.3, -0.25) is 0 Å². The average Bonchev–Trinajstić information content (AvgIpc) is 2.69. The van der Waals surface area contributed by atoms with E-state index in [1.54, 1.807) is 0 Å². The maximum Gasteiger partial charge on any atom is 0.0299 e. The molecule has 1 heterocycles. The Morgan fingerprint density at radius 2 is 2.07 bits per heavy atom. The summed E-state index contributed by atoms with van der Waals surface area (Å²) < 4.78 is 0. The van der Waals surface area contributed by atoms with E-state index in [0.717, 1.165) is 18.4 Å². The Morgan fingerprint density at radius 3 is 2.79 bits per heavy atom. The van der Waals surface area contributed by atoms with E-state index >= 15 is 0 Å². The molecule has 1 aromatic heterocycles. The SMILES string of the molecule is BrCCCCCCNCc1cccs1. The predicted octanol–water partition coefficient (Wildman–Crippen LogP) is 3.79. The maximum absolute atomic E-state index is 3.46. The first-order chi connectivity index (χ1) is 6.93. The number of unbranched alkanes of at least 4 members (excludes halogenated alkanes) is 3. The Kier molecular flexibility index (Phi) is 7.37. The second kappa shape index (κ2) is 8.45. The van der Waals surface area contributed by atoms with Gasteiger partial charge in [-0.25, -0.2) is 0 Å². The van der Waals surface area contributed by atoms with Crippen molar-refractivity contribution in [3.05, 3.63) is 22.4 Å². The van der Waals surface area contributed by atoms with Gasteiger partial charge in [-0.1, -0.05) is 34.8 Å². The van der Waals surface area contributed by atoms with Crippen molar-refractivity contribution >= 4 is 27.3 Å². The van der Waals surface area contributed by atoms with Gasteiger partial charge < -0.3 is 5.32 Å². The molecule has 0 amide bonds. The Bertz CT molecular complexity index is 211. The summed E-state index contributed by atoms with van der Waals surface area (Å²) >= 11 is 5.27. The zero-order valence-corrected chi connectivity index (χ0v) is 10.9. The molecule has 0 bridgehead atoms. The Hall–Kier alpha value is 0.140. The third kappa shape index (κ3) is 5.78. The molecule has 0 aromatic carbocycles. The third-order valence-electron chi connectivity index (χ3n) is 2.12. The van der Waals surface area contributed by atoms with E-state index in [9.17, 15) is 0 Å². The van der Waals surface area contributed by atoms with Crippen molar-refractivity contribution in [1.29, 1.82) is 0 Å². The molecule has 1 N–H and O–H groups in total. The summed E-state index contributed by atoms with van der Waals surface area (Å²) in [6.07, 6.45) is 5.32. The second-order valence-corrected chi connectivity index (χ2v) is 5.18. The number of halogens is 1. The van der Waals surface area contributed by atoms with Crippen LogP contribution in [0.1, 0.15) is 30.6 Å². The first-order valence-corrected chi connectivity index (χ1v) is 7.22. The van der Waals surface area contributed by atoms with Crippen molar-refractivity contribution in [2.45, 2.75) is 32.2 Å². The van der Waals surface area contributed by atoms with Gasteiger partial charge in [-0.15, -0.1) is 11.3 Å². The molecule has 0 unspecified atom stereocenters. The van der Waals surface area contributed by atoms with Gasteiger partial charge in [0.25, 0.3) is 0 Å². The highest BCUT2D eigenvalue weighted by Gasteiger charge is 1.92. The average molecular weight is 276 g/mol. The van der Waals surface area contributed by atoms with E-state index in [1.165, 1.54) is 30.6 Å². The molecule has 0 aliphatic carbocycles. The first-order valence-electron chi connectivity index (χ1n) is 5.22. The molecule has 0 aliphatic rings. The molecule has 0 aliphatic heterocycles. The summed E-state index contributed by atoms with van der Waals surface area (Å²) in [5.74, 6) is 0. The van der Waals surface area contributed by atoms with Crippen molar-refractivity contribution in [1.82, 2.24) is 5.32 Å². The van der Waals surface area contributed by atoms with Crippen molar-refractivity contribution < 1.29 is 0 Å². The van der Waals surface area contributed by atoms with Crippen LogP contribution >= 0.6 is 27.3 Å². The van der Waals surface area contributed by atoms with Gasteiger partial charge in [0.1, 0.15) is 0 Å². The summed E-state index contributed by atoms with van der Waals surface area (Å²) in [4.78, 5) is 1.44. The van der Waals surface area contributed by atoms with Gasteiger partial charge in [0.15, 0.2) is 0 Å². The molecule has 0 saturated carbocycles. The van der Waals surface area contributed by atoms with Crippen molar-refractivity contribution in [3.8, 4) is 0 Å². The monoisotopic (exact) mass is 275 g/mol. The van der Waals surface area contributed by atoms with Gasteiger partial charge in [0.2, 0.25) is 0 Å². The minimum absolute atomic E-state index is 1.04. The van der Waals surface area contributed by atoms with Crippen LogP contribution in [-0.2, 0) is 6.54 Å². The Balaban J connectivity index is 1.85. The molecule has 3 heteroatoms. The van der Waals surface area contributed by atoms with Crippen molar-refractivity contribution in [2.24, 2.45) is 0 Å². The Labute approximate surface area is 99.0 Å². The number of hydrogen-bond acceptors (Lipinski definition) is 2. The fourth-order valence-electron chi connectivity index (χ4n) is 1.32. The van der Waals surface area contributed by atoms with Crippen LogP contribution in [0.15, 0.2) is 17.5 Å². The summed E-state index contributed by atoms with van der Waals surface area (Å²) in [5.41, 5.74) is 0. The number of alkyl halides is 1. The molecule has 0 atom stereocenters. The van der Waals surface area contributed by atoms with E-state index in [4.69, 9.17) is 0 Å². The van der Waals surface area contributed by atoms with Crippen LogP contribution in [0.3, 0.4) is 0 Å². The Morgan fingerprint density at radius 1 is 1.21 bits per heavy atom. The van der Waals surface area contributed by atoms with Crippen LogP contribution in [0.25, 0.3) is 0 Å². The van der Waals surface area contributed by atoms with E-state index in [1.807, 2.05) is 11.3 Å². The molecule has 80 valence electrons. The minimum atomic E-state index is 1.04. The van der Waals surface area contributed by atoms with Crippen LogP contribution < -0.4 is 5.32 Å². The molecular formula is C11H18BrNS. The lowest BCUT2D eigenvalue weighted by molar-refractivity contribution is 0.602. The number of rotatable bonds is 8. The summed E-state index contributed by atoms with van der Waals surface area (Å²) in [7, 11) is 0. The van der Waals surface area contributed by atoms with Crippen LogP contribution in [-0.4, -0.2) is 11.9 Å². The molecule has 1 aromatic rings. The molecule has 1 nitrogen and oxygen atoms in total. The van der Waals surface area contributed by atoms with Gasteiger partial charge in [-0.2, -0.15) is 0 Å². The van der Waals surface area contributed by atoms with Crippen LogP contribution in [0.5, 0.6) is 0 Å². The zero-order valence-electron chi connectivity index (χ0n) is 8.47. The molecule has 0 saturated heterocycles. The molecule has 0 spiro atoms. The lowest BCUT2D eigenvalue weighted by Crippen LogP contribution is -2.13. The number of nitrogens with one attached hydrogen (secondary N) is 1. The van der Waals surface area contributed by atoms with E-state index in [0.29, 0.717) is 0 Å². The highest BCUT2D eigenvalue weighted by Crippen LogP contribution is 2.07. The van der Waals surface area contributed by atoms with Crippen molar-refractivity contribution in [3.63, 3.8) is 0 Å². The lowest BCUT2D eigenvalue weighted by atomic mass is 10.2. The first kappa shape index (κ1) is 12.2. The number of hydrogen-bond donors (Lipinski definition) is 1. The highest BCUT2D eigenvalue weighted by molar-refractivity contribution is 9.09. The molecular weight excluding hydrogens is 258 g/mol. The van der Waals surface area contributed by atoms with Gasteiger partial charge in [0.05, 0.1) is 0 Å². The molecule has 0 fully saturated rings. The summed E-state index contributed by atoms with van der Waals surface area (Å²) in [5, 5.41) is 6.74. The van der Waals surface area contributed by atoms with Crippen LogP contribution in [0.4, 0.5) is 0 Å². The fourth-order valence-corrected chi connectivity index (χ4v) is 2.39. The normalized spacial score (nSPS) is 10.6. The van der Waals surface area contributed by atoms with Gasteiger partial charge in [-0.05, 0) is 30.8 Å². The largest absolute Gasteiger partial charge is 0.312 e. The summed E-state index contributed by atoms with van der Waals surface area (Å²) in [6, 6.07) is 4.29. The molecule has 1 rings (SSSR count). The van der Waals surface area contributed by atoms with Crippen molar-refractivity contribution in [2.75, 3.05) is 11.9 Å². The van der Waals surface area contributed by atoms with Gasteiger partial charge >= 0.3 is 0 Å². The smallest absolute Gasteiger partial charge is 0.0299 e. The second-order valence-electron chi connectivity index (χ2n) is 3.36. The van der Waals surface area contributed by atoms with E-state index in [-0.39, 0.29) is 0 Å². The van der Waals surface area contributed by atoms with E-state index in [2.05, 4.69) is 38.8 Å². The molecule has 14 heavy (non-hydrogen) atoms. The summed E-state index contributed by atoms with van der Waals surface area (Å²) in [6.45, 7) is 2.19. The lowest BCUT2D eigenvalue weighted by Gasteiger charge is -2.02. The van der Waals surface area contributed by atoms with Crippen LogP contribution in [0, 0.1) is 0 Å². The predicted molar refractivity (Wildman–Crippen MR) is 68.3 cm³/mol. The number of thiophene rings is 1. The highest BCUT2D eigenvalue weighted by atomic mass is 79.9. The maximum atomic E-state index is 3.46. The van der Waals surface area contributed by atoms with E-state index < -0.39 is 0 Å². The standard InChI is InChI=1S/C11H18BrNS/c12-7-3-1-2-4-8-13-10-11-6-5-9-14-11/h5-6,9,13H,1-4,7-8,10H2. The third-order valence-corrected chi connectivity index (χ3v) is 3.55. The topological polar surface area (TPSA) is 12.0 Å².